The molecule has 8 atom stereocenters. The maximum Gasteiger partial charge on any atom is 0.303 e. The highest BCUT2D eigenvalue weighted by atomic mass is 32.2. The summed E-state index contributed by atoms with van der Waals surface area (Å²) in [6, 6.07) is 8.68. The molecule has 3 saturated carbocycles. The number of hydrogen-bond acceptors (Lipinski definition) is 7. The number of sulfone groups is 1. The predicted octanol–water partition coefficient (Wildman–Crippen LogP) is 7.15. The average Bonchev–Trinajstić information content (AvgIpc) is 3.33. The van der Waals surface area contributed by atoms with Gasteiger partial charge in [-0.25, -0.2) is 8.42 Å². The van der Waals surface area contributed by atoms with E-state index in [0.717, 1.165) is 43.3 Å². The molecule has 1 N–H and O–H groups in total. The van der Waals surface area contributed by atoms with E-state index in [1.165, 1.54) is 19.4 Å². The van der Waals surface area contributed by atoms with E-state index < -0.39 is 33.3 Å². The highest BCUT2D eigenvalue weighted by Gasteiger charge is 2.53. The maximum absolute atomic E-state index is 14.1. The molecule has 45 heavy (non-hydrogen) atoms. The summed E-state index contributed by atoms with van der Waals surface area (Å²) in [6.07, 6.45) is 8.68. The van der Waals surface area contributed by atoms with Crippen molar-refractivity contribution in [3.8, 4) is 0 Å². The van der Waals surface area contributed by atoms with Crippen LogP contribution in [-0.2, 0) is 28.9 Å². The molecule has 1 aromatic carbocycles. The molecule has 3 fully saturated rings. The standard InChI is InChI=1S/C37H52O7S/c1-23(2)34(40)22-36(45(41,42)31-13-9-8-10-14-31)25(4)32-17-18-33-28(12-11-19-37(32,33)7)15-16-29-20-30(43-26(5)38)21-35(24(29)3)44-27(6)39/h8-10,13-16,23,25,30,32-36,40H,3,11-12,17-22H2,1-2,4-7H3/b28-15+,29-16-/t25-,30+,32+,33-,34?,35-,36?,37+/m0/s1. The van der Waals surface area contributed by atoms with Crippen molar-refractivity contribution in [3.05, 3.63) is 65.8 Å². The minimum Gasteiger partial charge on any atom is -0.462 e. The van der Waals surface area contributed by atoms with E-state index in [-0.39, 0.29) is 41.7 Å². The van der Waals surface area contributed by atoms with Crippen LogP contribution in [-0.4, -0.2) is 49.0 Å². The third kappa shape index (κ3) is 7.82. The quantitative estimate of drug-likeness (QED) is 0.271. The van der Waals surface area contributed by atoms with Crippen molar-refractivity contribution in [2.75, 3.05) is 0 Å². The third-order valence-electron chi connectivity index (χ3n) is 10.8. The van der Waals surface area contributed by atoms with Crippen LogP contribution in [0, 0.1) is 29.1 Å². The number of allylic oxidation sites excluding steroid dienone is 3. The second kappa shape index (κ2) is 14.4. The second-order valence-electron chi connectivity index (χ2n) is 14.1. The summed E-state index contributed by atoms with van der Waals surface area (Å²) in [4.78, 5) is 23.8. The first kappa shape index (κ1) is 35.1. The second-order valence-corrected chi connectivity index (χ2v) is 16.3. The minimum atomic E-state index is -3.67. The van der Waals surface area contributed by atoms with Gasteiger partial charge in [0.2, 0.25) is 0 Å². The number of aliphatic hydroxyl groups excluding tert-OH is 1. The van der Waals surface area contributed by atoms with Crippen LogP contribution in [0.1, 0.15) is 92.9 Å². The van der Waals surface area contributed by atoms with Gasteiger partial charge in [0, 0.05) is 26.7 Å². The van der Waals surface area contributed by atoms with Crippen molar-refractivity contribution in [2.24, 2.45) is 29.1 Å². The molecule has 248 valence electrons. The fraction of sp³-hybridized carbons (Fsp3) is 0.622. The molecular weight excluding hydrogens is 588 g/mol. The van der Waals surface area contributed by atoms with Gasteiger partial charge in [0.05, 0.1) is 16.2 Å². The van der Waals surface area contributed by atoms with Crippen molar-refractivity contribution in [1.82, 2.24) is 0 Å². The van der Waals surface area contributed by atoms with Gasteiger partial charge in [-0.05, 0) is 90.9 Å². The van der Waals surface area contributed by atoms with Crippen LogP contribution in [0.3, 0.4) is 0 Å². The van der Waals surface area contributed by atoms with E-state index in [1.54, 1.807) is 24.3 Å². The van der Waals surface area contributed by atoms with Crippen LogP contribution in [0.2, 0.25) is 0 Å². The van der Waals surface area contributed by atoms with Crippen molar-refractivity contribution >= 4 is 21.8 Å². The molecule has 0 saturated heterocycles. The van der Waals surface area contributed by atoms with Gasteiger partial charge >= 0.3 is 11.9 Å². The molecule has 0 aromatic heterocycles. The van der Waals surface area contributed by atoms with Gasteiger partial charge in [0.25, 0.3) is 0 Å². The Morgan fingerprint density at radius 1 is 1.07 bits per heavy atom. The van der Waals surface area contributed by atoms with E-state index >= 15 is 0 Å². The Bertz CT molecular complexity index is 1410. The lowest BCUT2D eigenvalue weighted by Gasteiger charge is -2.46. The zero-order valence-electron chi connectivity index (χ0n) is 27.8. The largest absolute Gasteiger partial charge is 0.462 e. The Kier molecular flexibility index (Phi) is 11.2. The zero-order valence-corrected chi connectivity index (χ0v) is 28.6. The van der Waals surface area contributed by atoms with Crippen LogP contribution in [0.25, 0.3) is 0 Å². The van der Waals surface area contributed by atoms with Crippen LogP contribution >= 0.6 is 0 Å². The maximum atomic E-state index is 14.1. The first-order valence-corrected chi connectivity index (χ1v) is 18.1. The molecule has 4 rings (SSSR count). The summed E-state index contributed by atoms with van der Waals surface area (Å²) in [5, 5.41) is 10.3. The molecule has 1 aromatic rings. The first-order valence-electron chi connectivity index (χ1n) is 16.5. The fourth-order valence-corrected chi connectivity index (χ4v) is 10.5. The van der Waals surface area contributed by atoms with Gasteiger partial charge in [-0.2, -0.15) is 0 Å². The number of benzene rings is 1. The Morgan fingerprint density at radius 2 is 1.73 bits per heavy atom. The van der Waals surface area contributed by atoms with Gasteiger partial charge in [-0.1, -0.05) is 70.2 Å². The first-order chi connectivity index (χ1) is 21.1. The molecule has 8 heteroatoms. The molecule has 7 nitrogen and oxygen atoms in total. The lowest BCUT2D eigenvalue weighted by molar-refractivity contribution is -0.152. The number of carbonyl (C=O) groups is 2. The zero-order chi connectivity index (χ0) is 33.1. The molecule has 0 radical (unpaired) electrons. The van der Waals surface area contributed by atoms with E-state index in [2.05, 4.69) is 32.6 Å². The van der Waals surface area contributed by atoms with Crippen molar-refractivity contribution in [3.63, 3.8) is 0 Å². The molecule has 0 spiro atoms. The van der Waals surface area contributed by atoms with Gasteiger partial charge in [0.15, 0.2) is 9.84 Å². The van der Waals surface area contributed by atoms with Gasteiger partial charge < -0.3 is 14.6 Å². The summed E-state index contributed by atoms with van der Waals surface area (Å²) in [6.45, 7) is 15.3. The van der Waals surface area contributed by atoms with E-state index in [4.69, 9.17) is 9.47 Å². The predicted molar refractivity (Wildman–Crippen MR) is 176 cm³/mol. The molecule has 2 unspecified atom stereocenters. The van der Waals surface area contributed by atoms with Crippen LogP contribution < -0.4 is 0 Å². The van der Waals surface area contributed by atoms with E-state index in [0.29, 0.717) is 23.7 Å². The summed E-state index contributed by atoms with van der Waals surface area (Å²) < 4.78 is 39.3. The Balaban J connectivity index is 1.63. The number of esters is 2. The lowest BCUT2D eigenvalue weighted by atomic mass is 9.60. The Labute approximate surface area is 270 Å². The van der Waals surface area contributed by atoms with Crippen LogP contribution in [0.5, 0.6) is 0 Å². The normalized spacial score (nSPS) is 31.0. The van der Waals surface area contributed by atoms with Gasteiger partial charge in [-0.15, -0.1) is 0 Å². The lowest BCUT2D eigenvalue weighted by Crippen LogP contribution is -2.43. The van der Waals surface area contributed by atoms with E-state index in [1.807, 2.05) is 19.9 Å². The number of carbonyl (C=O) groups excluding carboxylic acids is 2. The van der Waals surface area contributed by atoms with Crippen LogP contribution in [0.4, 0.5) is 0 Å². The summed E-state index contributed by atoms with van der Waals surface area (Å²) in [7, 11) is -3.67. The molecule has 0 heterocycles. The van der Waals surface area contributed by atoms with Crippen LogP contribution in [0.15, 0.2) is 70.7 Å². The summed E-state index contributed by atoms with van der Waals surface area (Å²) in [5.74, 6) is -0.433. The third-order valence-corrected chi connectivity index (χ3v) is 13.2. The Morgan fingerprint density at radius 3 is 2.36 bits per heavy atom. The number of hydrogen-bond donors (Lipinski definition) is 1. The minimum absolute atomic E-state index is 0.0368. The highest BCUT2D eigenvalue weighted by Crippen LogP contribution is 2.60. The monoisotopic (exact) mass is 640 g/mol. The van der Waals surface area contributed by atoms with E-state index in [9.17, 15) is 23.1 Å². The Hall–Kier alpha value is -2.71. The van der Waals surface area contributed by atoms with Crippen molar-refractivity contribution < 1.29 is 32.6 Å². The summed E-state index contributed by atoms with van der Waals surface area (Å²) >= 11 is 0. The number of rotatable bonds is 10. The fourth-order valence-electron chi connectivity index (χ4n) is 8.40. The number of aliphatic hydroxyl groups is 1. The number of fused-ring (bicyclic) bond motifs is 1. The average molecular weight is 641 g/mol. The molecule has 3 aliphatic rings. The number of ether oxygens (including phenoxy) is 2. The topological polar surface area (TPSA) is 107 Å². The van der Waals surface area contributed by atoms with Gasteiger partial charge in [-0.3, -0.25) is 9.59 Å². The molecular formula is C37H52O7S. The highest BCUT2D eigenvalue weighted by molar-refractivity contribution is 7.92. The SMILES string of the molecule is C=C1/C(=C\C=C2/CCC[C@]3(C)[C@@H]([C@H](C)C(CC(O)C(C)C)S(=O)(=O)c4ccccc4)CC[C@@H]23)C[C@@H](OC(C)=O)C[C@@H]1OC(C)=O. The van der Waals surface area contributed by atoms with Crippen molar-refractivity contribution in [2.45, 2.75) is 121 Å². The smallest absolute Gasteiger partial charge is 0.303 e. The molecule has 0 bridgehead atoms. The molecule has 0 amide bonds. The van der Waals surface area contributed by atoms with Crippen molar-refractivity contribution in [1.29, 1.82) is 0 Å². The van der Waals surface area contributed by atoms with Gasteiger partial charge in [0.1, 0.15) is 12.2 Å². The molecule has 0 aliphatic heterocycles. The summed E-state index contributed by atoms with van der Waals surface area (Å²) in [5.41, 5.74) is 2.93. The molecule has 3 aliphatic carbocycles.